The van der Waals surface area contributed by atoms with Gasteiger partial charge in [-0.3, -0.25) is 0 Å². The van der Waals surface area contributed by atoms with Crippen molar-refractivity contribution in [2.45, 2.75) is 13.8 Å². The van der Waals surface area contributed by atoms with E-state index in [0.717, 1.165) is 0 Å². The molecule has 0 spiro atoms. The molecule has 0 fully saturated rings. The molecule has 0 N–H and O–H groups in total. The zero-order valence-electron chi connectivity index (χ0n) is 4.51. The molecule has 0 aliphatic carbocycles. The van der Waals surface area contributed by atoms with Crippen molar-refractivity contribution in [2.75, 3.05) is 0 Å². The molecule has 0 aromatic heterocycles. The number of halogens is 4. The molecular weight excluding hydrogens is 140 g/mol. The molecule has 8 heavy (non-hydrogen) atoms. The standard InChI is InChI=1S/C2ClF3.C2H6/c3-1(4)2(5)6;1-2/h;1-2H3. The van der Waals surface area contributed by atoms with Gasteiger partial charge < -0.3 is 0 Å². The molecule has 0 nitrogen and oxygen atoms in total. The van der Waals surface area contributed by atoms with Crippen molar-refractivity contribution in [1.29, 1.82) is 0 Å². The van der Waals surface area contributed by atoms with Gasteiger partial charge in [-0.25, -0.2) is 0 Å². The third kappa shape index (κ3) is 9.27. The maximum absolute atomic E-state index is 10.7. The minimum absolute atomic E-state index is 1.94. The summed E-state index contributed by atoms with van der Waals surface area (Å²) in [6, 6.07) is 0. The summed E-state index contributed by atoms with van der Waals surface area (Å²) in [5.74, 6) is 0. The Balaban J connectivity index is 0. The van der Waals surface area contributed by atoms with Crippen molar-refractivity contribution in [1.82, 2.24) is 0 Å². The van der Waals surface area contributed by atoms with Gasteiger partial charge in [0, 0.05) is 0 Å². The highest BCUT2D eigenvalue weighted by molar-refractivity contribution is 6.28. The van der Waals surface area contributed by atoms with Crippen LogP contribution in [0.2, 0.25) is 0 Å². The van der Waals surface area contributed by atoms with E-state index in [4.69, 9.17) is 0 Å². The second-order valence-electron chi connectivity index (χ2n) is 0.521. The van der Waals surface area contributed by atoms with E-state index in [1.807, 2.05) is 13.8 Å². The summed E-state index contributed by atoms with van der Waals surface area (Å²) < 4.78 is 31.8. The average molecular weight is 147 g/mol. The van der Waals surface area contributed by atoms with E-state index >= 15 is 0 Å². The fourth-order valence-corrected chi connectivity index (χ4v) is 0. The van der Waals surface area contributed by atoms with E-state index in [9.17, 15) is 13.2 Å². The van der Waals surface area contributed by atoms with E-state index in [-0.39, 0.29) is 0 Å². The molecule has 0 saturated heterocycles. The summed E-state index contributed by atoms with van der Waals surface area (Å²) in [5, 5.41) is -1.94. The van der Waals surface area contributed by atoms with Gasteiger partial charge in [0.1, 0.15) is 0 Å². The van der Waals surface area contributed by atoms with Crippen molar-refractivity contribution in [2.24, 2.45) is 0 Å². The molecule has 0 heterocycles. The predicted molar refractivity (Wildman–Crippen MR) is 27.6 cm³/mol. The highest BCUT2D eigenvalue weighted by Crippen LogP contribution is 2.11. The Morgan fingerprint density at radius 3 is 1.25 bits per heavy atom. The second kappa shape index (κ2) is 6.82. The smallest absolute Gasteiger partial charge is 0.188 e. The molecule has 0 rings (SSSR count). The first kappa shape index (κ1) is 10.7. The van der Waals surface area contributed by atoms with Gasteiger partial charge in [0.2, 0.25) is 0 Å². The monoisotopic (exact) mass is 146 g/mol. The minimum atomic E-state index is -2.48. The molecule has 0 saturated carbocycles. The van der Waals surface area contributed by atoms with E-state index in [0.29, 0.717) is 0 Å². The fourth-order valence-electron chi connectivity index (χ4n) is 0. The highest BCUT2D eigenvalue weighted by atomic mass is 35.5. The van der Waals surface area contributed by atoms with E-state index in [2.05, 4.69) is 11.6 Å². The van der Waals surface area contributed by atoms with Crippen LogP contribution in [0.5, 0.6) is 0 Å². The van der Waals surface area contributed by atoms with Crippen molar-refractivity contribution in [3.63, 3.8) is 0 Å². The van der Waals surface area contributed by atoms with Crippen LogP contribution < -0.4 is 0 Å². The number of hydrogen-bond donors (Lipinski definition) is 0. The maximum Gasteiger partial charge on any atom is 0.317 e. The van der Waals surface area contributed by atoms with E-state index < -0.39 is 11.4 Å². The zero-order valence-corrected chi connectivity index (χ0v) is 5.27. The van der Waals surface area contributed by atoms with Crippen LogP contribution in [0.3, 0.4) is 0 Å². The lowest BCUT2D eigenvalue weighted by molar-refractivity contribution is 0.393. The van der Waals surface area contributed by atoms with Crippen molar-refractivity contribution in [3.8, 4) is 0 Å². The van der Waals surface area contributed by atoms with Crippen LogP contribution in [0.15, 0.2) is 11.4 Å². The van der Waals surface area contributed by atoms with Gasteiger partial charge in [-0.05, 0) is 11.6 Å². The lowest BCUT2D eigenvalue weighted by Crippen LogP contribution is -1.54. The molecule has 0 aromatic carbocycles. The van der Waals surface area contributed by atoms with Crippen LogP contribution in [0.4, 0.5) is 13.2 Å². The van der Waals surface area contributed by atoms with Gasteiger partial charge in [0.05, 0.1) is 0 Å². The molecule has 0 atom stereocenters. The van der Waals surface area contributed by atoms with Crippen molar-refractivity contribution < 1.29 is 13.2 Å². The maximum atomic E-state index is 10.7. The number of hydrogen-bond acceptors (Lipinski definition) is 0. The lowest BCUT2D eigenvalue weighted by atomic mass is 11.0. The minimum Gasteiger partial charge on any atom is -0.188 e. The quantitative estimate of drug-likeness (QED) is 0.492. The molecule has 0 aliphatic rings. The van der Waals surface area contributed by atoms with Gasteiger partial charge in [0.15, 0.2) is 0 Å². The summed E-state index contributed by atoms with van der Waals surface area (Å²) in [4.78, 5) is 0. The second-order valence-corrected chi connectivity index (χ2v) is 0.853. The Labute approximate surface area is 51.0 Å². The van der Waals surface area contributed by atoms with Gasteiger partial charge >= 0.3 is 6.08 Å². The molecule has 0 amide bonds. The van der Waals surface area contributed by atoms with Gasteiger partial charge in [-0.15, -0.1) is 0 Å². The van der Waals surface area contributed by atoms with Crippen LogP contribution in [0.1, 0.15) is 13.8 Å². The Morgan fingerprint density at radius 1 is 1.12 bits per heavy atom. The topological polar surface area (TPSA) is 0 Å². The first-order chi connectivity index (χ1) is 3.64. The molecule has 0 aliphatic heterocycles. The van der Waals surface area contributed by atoms with E-state index in [1.165, 1.54) is 0 Å². The molecule has 0 bridgehead atoms. The van der Waals surface area contributed by atoms with Gasteiger partial charge in [-0.2, -0.15) is 13.2 Å². The van der Waals surface area contributed by atoms with Crippen LogP contribution in [-0.2, 0) is 0 Å². The molecule has 0 radical (unpaired) electrons. The molecule has 4 heteroatoms. The van der Waals surface area contributed by atoms with Crippen LogP contribution in [0.25, 0.3) is 0 Å². The van der Waals surface area contributed by atoms with Crippen LogP contribution in [-0.4, -0.2) is 0 Å². The van der Waals surface area contributed by atoms with Crippen molar-refractivity contribution >= 4 is 11.6 Å². The highest BCUT2D eigenvalue weighted by Gasteiger charge is 1.95. The summed E-state index contributed by atoms with van der Waals surface area (Å²) in [6.45, 7) is 4.00. The third-order valence-electron chi connectivity index (χ3n) is 0.143. The van der Waals surface area contributed by atoms with Gasteiger partial charge in [-0.1, -0.05) is 13.8 Å². The average Bonchev–Trinajstić information content (AvgIpc) is 1.72. The van der Waals surface area contributed by atoms with Crippen LogP contribution in [0, 0.1) is 0 Å². The summed E-state index contributed by atoms with van der Waals surface area (Å²) >= 11 is 4.08. The molecular formula is C4H6ClF3. The van der Waals surface area contributed by atoms with Gasteiger partial charge in [0.25, 0.3) is 5.29 Å². The van der Waals surface area contributed by atoms with E-state index in [1.54, 1.807) is 0 Å². The molecule has 50 valence electrons. The summed E-state index contributed by atoms with van der Waals surface area (Å²) in [6.07, 6.45) is -2.48. The Kier molecular flexibility index (Phi) is 9.15. The Bertz CT molecular complexity index is 61.4. The lowest BCUT2D eigenvalue weighted by Gasteiger charge is -1.70. The first-order valence-corrected chi connectivity index (χ1v) is 2.38. The normalized spacial score (nSPS) is 6.75. The largest absolute Gasteiger partial charge is 0.317 e. The van der Waals surface area contributed by atoms with Crippen molar-refractivity contribution in [3.05, 3.63) is 11.4 Å². The SMILES string of the molecule is CC.FC(F)=C(F)Cl. The zero-order chi connectivity index (χ0) is 7.15. The predicted octanol–water partition coefficient (Wildman–Crippen LogP) is 3.29. The molecule has 0 aromatic rings. The number of rotatable bonds is 0. The Morgan fingerprint density at radius 2 is 1.25 bits per heavy atom. The Hall–Kier alpha value is -0.180. The molecule has 0 unspecified atom stereocenters. The fraction of sp³-hybridized carbons (Fsp3) is 0.500. The van der Waals surface area contributed by atoms with Crippen LogP contribution >= 0.6 is 11.6 Å². The summed E-state index contributed by atoms with van der Waals surface area (Å²) in [5.41, 5.74) is 0. The summed E-state index contributed by atoms with van der Waals surface area (Å²) in [7, 11) is 0. The first-order valence-electron chi connectivity index (χ1n) is 2.01. The third-order valence-corrected chi connectivity index (χ3v) is 0.286.